The molecule has 2 aromatic rings. The summed E-state index contributed by atoms with van der Waals surface area (Å²) in [7, 11) is -3.29. The summed E-state index contributed by atoms with van der Waals surface area (Å²) in [5.41, 5.74) is 0.326. The molecule has 1 N–H and O–H groups in total. The smallest absolute Gasteiger partial charge is 0.178 e. The Morgan fingerprint density at radius 2 is 1.76 bits per heavy atom. The molecule has 1 aliphatic rings. The van der Waals surface area contributed by atoms with Crippen LogP contribution in [0.4, 0.5) is 0 Å². The highest BCUT2D eigenvalue weighted by Crippen LogP contribution is 2.40. The third kappa shape index (κ3) is 2.65. The summed E-state index contributed by atoms with van der Waals surface area (Å²) in [5, 5.41) is 11.0. The average molecular weight is 367 g/mol. The number of benzene rings is 2. The van der Waals surface area contributed by atoms with Gasteiger partial charge in [0, 0.05) is 16.5 Å². The Kier molecular flexibility index (Phi) is 3.67. The van der Waals surface area contributed by atoms with Gasteiger partial charge in [0.05, 0.1) is 16.2 Å². The van der Waals surface area contributed by atoms with Gasteiger partial charge in [0.25, 0.3) is 0 Å². The van der Waals surface area contributed by atoms with Crippen molar-refractivity contribution in [1.82, 2.24) is 0 Å². The maximum Gasteiger partial charge on any atom is 0.178 e. The molecule has 0 aliphatic carbocycles. The van der Waals surface area contributed by atoms with Crippen molar-refractivity contribution in [3.63, 3.8) is 0 Å². The predicted octanol–water partition coefficient (Wildman–Crippen LogP) is 3.06. The second-order valence-electron chi connectivity index (χ2n) is 5.36. The quantitative estimate of drug-likeness (QED) is 0.888. The van der Waals surface area contributed by atoms with Gasteiger partial charge in [-0.05, 0) is 24.1 Å². The van der Waals surface area contributed by atoms with E-state index in [0.717, 1.165) is 10.0 Å². The van der Waals surface area contributed by atoms with Gasteiger partial charge in [0.2, 0.25) is 0 Å². The Morgan fingerprint density at radius 1 is 1.10 bits per heavy atom. The third-order valence-electron chi connectivity index (χ3n) is 3.95. The molecule has 0 amide bonds. The van der Waals surface area contributed by atoms with E-state index in [4.69, 9.17) is 0 Å². The zero-order valence-electron chi connectivity index (χ0n) is 11.3. The minimum Gasteiger partial charge on any atom is -0.385 e. The number of halogens is 1. The van der Waals surface area contributed by atoms with Crippen LogP contribution in [-0.4, -0.2) is 19.3 Å². The van der Waals surface area contributed by atoms with Crippen molar-refractivity contribution in [1.29, 1.82) is 0 Å². The number of aliphatic hydroxyl groups is 1. The van der Waals surface area contributed by atoms with E-state index in [9.17, 15) is 13.5 Å². The summed E-state index contributed by atoms with van der Waals surface area (Å²) in [6, 6.07) is 14.4. The molecule has 0 spiro atoms. The SMILES string of the molecule is O=S1(=O)CCC(O)(Cc2ccccc2Br)c2ccccc21. The molecule has 1 atom stereocenters. The second-order valence-corrected chi connectivity index (χ2v) is 8.30. The van der Waals surface area contributed by atoms with Crippen molar-refractivity contribution in [2.45, 2.75) is 23.3 Å². The Balaban J connectivity index is 2.09. The molecular weight excluding hydrogens is 352 g/mol. The van der Waals surface area contributed by atoms with E-state index in [0.29, 0.717) is 12.0 Å². The second kappa shape index (κ2) is 5.23. The van der Waals surface area contributed by atoms with Gasteiger partial charge in [-0.1, -0.05) is 52.3 Å². The molecule has 0 fully saturated rings. The fourth-order valence-corrected chi connectivity index (χ4v) is 4.94. The summed E-state index contributed by atoms with van der Waals surface area (Å²) < 4.78 is 25.2. The van der Waals surface area contributed by atoms with E-state index in [-0.39, 0.29) is 17.1 Å². The van der Waals surface area contributed by atoms with Gasteiger partial charge in [-0.25, -0.2) is 8.42 Å². The average Bonchev–Trinajstić information content (AvgIpc) is 2.47. The number of fused-ring (bicyclic) bond motifs is 1. The lowest BCUT2D eigenvalue weighted by atomic mass is 9.84. The molecule has 3 nitrogen and oxygen atoms in total. The maximum atomic E-state index is 12.2. The Bertz CT molecular complexity index is 786. The number of rotatable bonds is 2. The lowest BCUT2D eigenvalue weighted by Crippen LogP contribution is -2.37. The molecule has 3 rings (SSSR count). The summed E-state index contributed by atoms with van der Waals surface area (Å²) in [6.07, 6.45) is 0.606. The van der Waals surface area contributed by atoms with Crippen LogP contribution in [0.1, 0.15) is 17.5 Å². The van der Waals surface area contributed by atoms with E-state index in [1.54, 1.807) is 24.3 Å². The van der Waals surface area contributed by atoms with Crippen LogP contribution >= 0.6 is 15.9 Å². The standard InChI is InChI=1S/C16H15BrO3S/c17-14-7-3-1-5-12(14)11-16(18)9-10-21(19,20)15-8-4-2-6-13(15)16/h1-8,18H,9-11H2. The first-order valence-corrected chi connectivity index (χ1v) is 9.15. The van der Waals surface area contributed by atoms with E-state index in [1.165, 1.54) is 0 Å². The fraction of sp³-hybridized carbons (Fsp3) is 0.250. The molecule has 0 aromatic heterocycles. The van der Waals surface area contributed by atoms with Crippen molar-refractivity contribution < 1.29 is 13.5 Å². The Labute approximate surface area is 132 Å². The van der Waals surface area contributed by atoms with Crippen molar-refractivity contribution >= 4 is 25.8 Å². The van der Waals surface area contributed by atoms with Crippen LogP contribution in [0.5, 0.6) is 0 Å². The molecule has 21 heavy (non-hydrogen) atoms. The normalized spacial score (nSPS) is 23.5. The molecule has 0 saturated heterocycles. The van der Waals surface area contributed by atoms with E-state index < -0.39 is 15.4 Å². The van der Waals surface area contributed by atoms with Gasteiger partial charge < -0.3 is 5.11 Å². The molecule has 0 bridgehead atoms. The molecule has 1 aliphatic heterocycles. The summed E-state index contributed by atoms with van der Waals surface area (Å²) in [6.45, 7) is 0. The first kappa shape index (κ1) is 14.8. The predicted molar refractivity (Wildman–Crippen MR) is 84.9 cm³/mol. The third-order valence-corrected chi connectivity index (χ3v) is 6.49. The van der Waals surface area contributed by atoms with Crippen LogP contribution in [0.15, 0.2) is 57.9 Å². The van der Waals surface area contributed by atoms with Crippen molar-refractivity contribution in [2.75, 3.05) is 5.75 Å². The first-order valence-electron chi connectivity index (χ1n) is 6.70. The van der Waals surface area contributed by atoms with Crippen LogP contribution in [0, 0.1) is 0 Å². The highest BCUT2D eigenvalue weighted by molar-refractivity contribution is 9.10. The molecule has 110 valence electrons. The van der Waals surface area contributed by atoms with Gasteiger partial charge in [-0.2, -0.15) is 0 Å². The Hall–Kier alpha value is -1.17. The van der Waals surface area contributed by atoms with Gasteiger partial charge >= 0.3 is 0 Å². The summed E-state index contributed by atoms with van der Waals surface area (Å²) >= 11 is 3.48. The number of hydrogen-bond acceptors (Lipinski definition) is 3. The zero-order valence-corrected chi connectivity index (χ0v) is 13.7. The monoisotopic (exact) mass is 366 g/mol. The largest absolute Gasteiger partial charge is 0.385 e. The van der Waals surface area contributed by atoms with Gasteiger partial charge in [0.15, 0.2) is 9.84 Å². The Morgan fingerprint density at radius 3 is 2.52 bits per heavy atom. The molecular formula is C16H15BrO3S. The van der Waals surface area contributed by atoms with Crippen LogP contribution in [0.3, 0.4) is 0 Å². The molecule has 1 unspecified atom stereocenters. The molecule has 5 heteroatoms. The van der Waals surface area contributed by atoms with Gasteiger partial charge in [-0.15, -0.1) is 0 Å². The topological polar surface area (TPSA) is 54.4 Å². The van der Waals surface area contributed by atoms with Crippen LogP contribution < -0.4 is 0 Å². The summed E-state index contributed by atoms with van der Waals surface area (Å²) in [5.74, 6) is -0.0229. The van der Waals surface area contributed by atoms with Crippen LogP contribution in [0.2, 0.25) is 0 Å². The van der Waals surface area contributed by atoms with Crippen LogP contribution in [-0.2, 0) is 21.9 Å². The zero-order chi connectivity index (χ0) is 15.1. The molecule has 0 radical (unpaired) electrons. The molecule has 2 aromatic carbocycles. The van der Waals surface area contributed by atoms with Crippen LogP contribution in [0.25, 0.3) is 0 Å². The summed E-state index contributed by atoms with van der Waals surface area (Å²) in [4.78, 5) is 0.255. The van der Waals surface area contributed by atoms with E-state index >= 15 is 0 Å². The van der Waals surface area contributed by atoms with Gasteiger partial charge in [0.1, 0.15) is 0 Å². The highest BCUT2D eigenvalue weighted by atomic mass is 79.9. The minimum atomic E-state index is -3.29. The lowest BCUT2D eigenvalue weighted by Gasteiger charge is -2.34. The van der Waals surface area contributed by atoms with Crippen molar-refractivity contribution in [3.05, 3.63) is 64.1 Å². The first-order chi connectivity index (χ1) is 9.92. The lowest BCUT2D eigenvalue weighted by molar-refractivity contribution is 0.0281. The minimum absolute atomic E-state index is 0.0229. The van der Waals surface area contributed by atoms with Crippen molar-refractivity contribution in [2.24, 2.45) is 0 Å². The highest BCUT2D eigenvalue weighted by Gasteiger charge is 2.40. The van der Waals surface area contributed by atoms with Gasteiger partial charge in [-0.3, -0.25) is 0 Å². The molecule has 1 heterocycles. The van der Waals surface area contributed by atoms with E-state index in [2.05, 4.69) is 15.9 Å². The molecule has 0 saturated carbocycles. The fourth-order valence-electron chi connectivity index (χ4n) is 2.81. The maximum absolute atomic E-state index is 12.2. The van der Waals surface area contributed by atoms with Crippen molar-refractivity contribution in [3.8, 4) is 0 Å². The number of sulfone groups is 1. The van der Waals surface area contributed by atoms with E-state index in [1.807, 2.05) is 24.3 Å². The number of hydrogen-bond donors (Lipinski definition) is 1.